The van der Waals surface area contributed by atoms with Crippen LogP contribution in [0.15, 0.2) is 0 Å². The van der Waals surface area contributed by atoms with Gasteiger partial charge in [0.15, 0.2) is 0 Å². The van der Waals surface area contributed by atoms with Crippen molar-refractivity contribution in [3.05, 3.63) is 0 Å². The Morgan fingerprint density at radius 1 is 1.57 bits per heavy atom. The van der Waals surface area contributed by atoms with Gasteiger partial charge in [0.25, 0.3) is 0 Å². The van der Waals surface area contributed by atoms with E-state index < -0.39 is 0 Å². The highest BCUT2D eigenvalue weighted by Crippen LogP contribution is 2.15. The number of hydrogen-bond acceptors (Lipinski definition) is 3. The maximum Gasteiger partial charge on any atom is 0.314 e. The Morgan fingerprint density at radius 3 is 2.93 bits per heavy atom. The van der Waals surface area contributed by atoms with Crippen molar-refractivity contribution in [1.82, 2.24) is 4.90 Å². The highest BCUT2D eigenvalue weighted by molar-refractivity contribution is 5.72. The van der Waals surface area contributed by atoms with Gasteiger partial charge < -0.3 is 21.1 Å². The molecule has 0 aromatic heterocycles. The summed E-state index contributed by atoms with van der Waals surface area (Å²) in [7, 11) is 0. The van der Waals surface area contributed by atoms with E-state index in [-0.39, 0.29) is 6.03 Å². The molecule has 1 unspecified atom stereocenters. The molecular weight excluding hydrogens is 182 g/mol. The average molecular weight is 201 g/mol. The van der Waals surface area contributed by atoms with Crippen molar-refractivity contribution >= 4 is 6.03 Å². The second-order valence-electron chi connectivity index (χ2n) is 3.66. The average Bonchev–Trinajstić information content (AvgIpc) is 2.61. The third-order valence-electron chi connectivity index (χ3n) is 2.44. The van der Waals surface area contributed by atoms with Gasteiger partial charge >= 0.3 is 6.03 Å². The summed E-state index contributed by atoms with van der Waals surface area (Å²) in [6.07, 6.45) is 1.89. The first-order valence-electron chi connectivity index (χ1n) is 5.06. The van der Waals surface area contributed by atoms with Crippen LogP contribution >= 0.6 is 0 Å². The molecule has 1 fully saturated rings. The van der Waals surface area contributed by atoms with Gasteiger partial charge in [0.2, 0.25) is 0 Å². The third kappa shape index (κ3) is 3.51. The molecule has 0 spiro atoms. The molecule has 1 saturated heterocycles. The van der Waals surface area contributed by atoms with Gasteiger partial charge in [-0.05, 0) is 19.4 Å². The van der Waals surface area contributed by atoms with Crippen LogP contribution in [-0.4, -0.2) is 43.8 Å². The minimum Gasteiger partial charge on any atom is -0.381 e. The lowest BCUT2D eigenvalue weighted by atomic mass is 10.1. The van der Waals surface area contributed by atoms with Gasteiger partial charge in [0, 0.05) is 25.6 Å². The highest BCUT2D eigenvalue weighted by atomic mass is 16.5. The monoisotopic (exact) mass is 201 g/mol. The number of hydrogen-bond donors (Lipinski definition) is 2. The predicted octanol–water partition coefficient (Wildman–Crippen LogP) is -0.248. The van der Waals surface area contributed by atoms with E-state index in [0.29, 0.717) is 25.7 Å². The van der Waals surface area contributed by atoms with E-state index in [0.717, 1.165) is 25.9 Å². The lowest BCUT2D eigenvalue weighted by molar-refractivity contribution is 0.101. The molecule has 0 aromatic carbocycles. The van der Waals surface area contributed by atoms with E-state index in [9.17, 15) is 4.79 Å². The molecule has 1 aliphatic rings. The first kappa shape index (κ1) is 11.3. The van der Waals surface area contributed by atoms with E-state index >= 15 is 0 Å². The Hall–Kier alpha value is -0.810. The zero-order chi connectivity index (χ0) is 10.4. The molecule has 1 rings (SSSR count). The maximum absolute atomic E-state index is 10.8. The Balaban J connectivity index is 2.07. The number of carbonyl (C=O) groups is 1. The van der Waals surface area contributed by atoms with Crippen LogP contribution in [0.25, 0.3) is 0 Å². The van der Waals surface area contributed by atoms with Crippen molar-refractivity contribution < 1.29 is 9.53 Å². The summed E-state index contributed by atoms with van der Waals surface area (Å²) in [5.41, 5.74) is 10.5. The van der Waals surface area contributed by atoms with Gasteiger partial charge in [0.05, 0.1) is 6.61 Å². The predicted molar refractivity (Wildman–Crippen MR) is 53.8 cm³/mol. The summed E-state index contributed by atoms with van der Waals surface area (Å²) >= 11 is 0. The first-order valence-corrected chi connectivity index (χ1v) is 5.06. The zero-order valence-corrected chi connectivity index (χ0v) is 8.45. The van der Waals surface area contributed by atoms with Crippen molar-refractivity contribution in [3.63, 3.8) is 0 Å². The van der Waals surface area contributed by atoms with E-state index in [2.05, 4.69) is 0 Å². The lowest BCUT2D eigenvalue weighted by Gasteiger charge is -2.13. The van der Waals surface area contributed by atoms with E-state index in [1.165, 1.54) is 0 Å². The van der Waals surface area contributed by atoms with E-state index in [1.807, 2.05) is 0 Å². The van der Waals surface area contributed by atoms with Crippen LogP contribution in [0.1, 0.15) is 12.8 Å². The third-order valence-corrected chi connectivity index (χ3v) is 2.44. The molecule has 1 aliphatic heterocycles. The van der Waals surface area contributed by atoms with Crippen LogP contribution in [0.2, 0.25) is 0 Å². The van der Waals surface area contributed by atoms with Crippen molar-refractivity contribution in [2.45, 2.75) is 12.8 Å². The number of nitrogens with zero attached hydrogens (tertiary/aromatic N) is 1. The zero-order valence-electron chi connectivity index (χ0n) is 8.45. The Kier molecular flexibility index (Phi) is 4.69. The quantitative estimate of drug-likeness (QED) is 0.602. The summed E-state index contributed by atoms with van der Waals surface area (Å²) in [5, 5.41) is 0. The summed E-state index contributed by atoms with van der Waals surface area (Å²) < 4.78 is 5.43. The molecule has 4 N–H and O–H groups in total. The molecule has 1 heterocycles. The van der Waals surface area contributed by atoms with Gasteiger partial charge in [-0.25, -0.2) is 4.79 Å². The second-order valence-corrected chi connectivity index (χ2v) is 3.66. The molecule has 1 atom stereocenters. The lowest BCUT2D eigenvalue weighted by Crippen LogP contribution is -2.34. The molecular formula is C9H19N3O2. The fourth-order valence-electron chi connectivity index (χ4n) is 1.60. The standard InChI is InChI=1S/C9H19N3O2/c10-3-1-5-14-7-8-2-4-12(6-8)9(11)13/h8H,1-7,10H2,(H2,11,13). The molecule has 0 saturated carbocycles. The Morgan fingerprint density at radius 2 is 2.36 bits per heavy atom. The number of likely N-dealkylation sites (tertiary alicyclic amines) is 1. The maximum atomic E-state index is 10.8. The van der Waals surface area contributed by atoms with Gasteiger partial charge in [-0.15, -0.1) is 0 Å². The van der Waals surface area contributed by atoms with E-state index in [4.69, 9.17) is 16.2 Å². The molecule has 5 heteroatoms. The SMILES string of the molecule is NCCCOCC1CCN(C(N)=O)C1. The molecule has 0 aromatic rings. The molecule has 0 aliphatic carbocycles. The van der Waals surface area contributed by atoms with Gasteiger partial charge in [-0.1, -0.05) is 0 Å². The molecule has 2 amide bonds. The number of urea groups is 1. The van der Waals surface area contributed by atoms with Crippen molar-refractivity contribution in [1.29, 1.82) is 0 Å². The summed E-state index contributed by atoms with van der Waals surface area (Å²) in [6.45, 7) is 3.59. The van der Waals surface area contributed by atoms with Crippen molar-refractivity contribution in [2.24, 2.45) is 17.4 Å². The molecule has 82 valence electrons. The summed E-state index contributed by atoms with van der Waals surface area (Å²) in [6, 6.07) is -0.325. The van der Waals surface area contributed by atoms with Gasteiger partial charge in [-0.3, -0.25) is 0 Å². The minimum absolute atomic E-state index is 0.325. The molecule has 5 nitrogen and oxygen atoms in total. The largest absolute Gasteiger partial charge is 0.381 e. The second kappa shape index (κ2) is 5.82. The van der Waals surface area contributed by atoms with Gasteiger partial charge in [0.1, 0.15) is 0 Å². The molecule has 14 heavy (non-hydrogen) atoms. The smallest absolute Gasteiger partial charge is 0.314 e. The molecule has 0 bridgehead atoms. The fraction of sp³-hybridized carbons (Fsp3) is 0.889. The Labute approximate surface area is 84.4 Å². The van der Waals surface area contributed by atoms with Gasteiger partial charge in [-0.2, -0.15) is 0 Å². The topological polar surface area (TPSA) is 81.6 Å². The number of rotatable bonds is 5. The van der Waals surface area contributed by atoms with Crippen LogP contribution < -0.4 is 11.5 Å². The molecule has 0 radical (unpaired) electrons. The number of nitrogens with two attached hydrogens (primary N) is 2. The van der Waals surface area contributed by atoms with Crippen molar-refractivity contribution in [2.75, 3.05) is 32.8 Å². The normalized spacial score (nSPS) is 21.5. The fourth-order valence-corrected chi connectivity index (χ4v) is 1.60. The Bertz CT molecular complexity index is 187. The van der Waals surface area contributed by atoms with Crippen molar-refractivity contribution in [3.8, 4) is 0 Å². The number of carbonyl (C=O) groups excluding carboxylic acids is 1. The van der Waals surface area contributed by atoms with Crippen LogP contribution in [0.5, 0.6) is 0 Å². The number of primary amides is 1. The van der Waals surface area contributed by atoms with Crippen LogP contribution in [0.3, 0.4) is 0 Å². The number of ether oxygens (including phenoxy) is 1. The summed E-state index contributed by atoms with van der Waals surface area (Å²) in [5.74, 6) is 0.445. The van der Waals surface area contributed by atoms with Crippen LogP contribution in [-0.2, 0) is 4.74 Å². The van der Waals surface area contributed by atoms with Crippen LogP contribution in [0.4, 0.5) is 4.79 Å². The number of amides is 2. The van der Waals surface area contributed by atoms with Crippen LogP contribution in [0, 0.1) is 5.92 Å². The van der Waals surface area contributed by atoms with E-state index in [1.54, 1.807) is 4.90 Å². The highest BCUT2D eigenvalue weighted by Gasteiger charge is 2.24. The minimum atomic E-state index is -0.325. The summed E-state index contributed by atoms with van der Waals surface area (Å²) in [4.78, 5) is 12.5. The first-order chi connectivity index (χ1) is 6.74.